The number of nitrogens with zero attached hydrogens (tertiary/aromatic N) is 7. The standard InChI is InChI=1S/C28H33F3N10O2/c1-4-34-23-11-18(25-20(14-36-40(25)3)26-38-35-16-39(26)2)12-24(37-23)41-15-21-19(27(41)42)9-17(10-22(21)28(29,30)31)13-33-6-8-43-7-5-32/h9-12,14,16,33H,4-8,13,15,32H2,1-3H3,(H,34,37). The number of benzene rings is 1. The summed E-state index contributed by atoms with van der Waals surface area (Å²) in [6.07, 6.45) is -1.41. The molecule has 0 radical (unpaired) electrons. The van der Waals surface area contributed by atoms with E-state index < -0.39 is 17.6 Å². The van der Waals surface area contributed by atoms with Gasteiger partial charge in [0.1, 0.15) is 18.0 Å². The number of carbonyl (C=O) groups excluding carboxylic acids is 1. The van der Waals surface area contributed by atoms with Crippen LogP contribution >= 0.6 is 0 Å². The van der Waals surface area contributed by atoms with Crippen molar-refractivity contribution in [1.82, 2.24) is 34.8 Å². The number of fused-ring (bicyclic) bond motifs is 1. The fourth-order valence-electron chi connectivity index (χ4n) is 5.10. The Hall–Kier alpha value is -4.34. The number of anilines is 2. The molecule has 1 aliphatic rings. The largest absolute Gasteiger partial charge is 0.416 e. The Kier molecular flexibility index (Phi) is 8.75. The quantitative estimate of drug-likeness (QED) is 0.210. The second-order valence-corrected chi connectivity index (χ2v) is 10.1. The van der Waals surface area contributed by atoms with Crippen LogP contribution in [0.2, 0.25) is 0 Å². The second-order valence-electron chi connectivity index (χ2n) is 10.1. The molecule has 0 saturated heterocycles. The number of hydrogen-bond acceptors (Lipinski definition) is 9. The van der Waals surface area contributed by atoms with Crippen molar-refractivity contribution in [2.24, 2.45) is 19.8 Å². The third-order valence-corrected chi connectivity index (χ3v) is 7.03. The summed E-state index contributed by atoms with van der Waals surface area (Å²) in [6.45, 7) is 3.88. The molecular weight excluding hydrogens is 565 g/mol. The molecule has 4 heterocycles. The number of hydrogen-bond donors (Lipinski definition) is 3. The van der Waals surface area contributed by atoms with E-state index in [1.807, 2.05) is 14.0 Å². The highest BCUT2D eigenvalue weighted by molar-refractivity contribution is 6.10. The molecule has 1 amide bonds. The van der Waals surface area contributed by atoms with Crippen molar-refractivity contribution in [3.8, 4) is 22.6 Å². The summed E-state index contributed by atoms with van der Waals surface area (Å²) in [5.74, 6) is 0.698. The zero-order valence-corrected chi connectivity index (χ0v) is 24.1. The first-order chi connectivity index (χ1) is 20.6. The van der Waals surface area contributed by atoms with Crippen molar-refractivity contribution in [1.29, 1.82) is 0 Å². The number of rotatable bonds is 12. The third-order valence-electron chi connectivity index (χ3n) is 7.03. The van der Waals surface area contributed by atoms with Crippen LogP contribution in [-0.4, -0.2) is 68.3 Å². The molecule has 5 rings (SSSR count). The Morgan fingerprint density at radius 2 is 1.93 bits per heavy atom. The summed E-state index contributed by atoms with van der Waals surface area (Å²) in [5, 5.41) is 18.8. The van der Waals surface area contributed by atoms with Gasteiger partial charge in [0.2, 0.25) is 0 Å². The van der Waals surface area contributed by atoms with Crippen molar-refractivity contribution in [2.45, 2.75) is 26.2 Å². The third kappa shape index (κ3) is 6.23. The minimum atomic E-state index is -4.65. The van der Waals surface area contributed by atoms with E-state index >= 15 is 0 Å². The molecular formula is C28H33F3N10O2. The molecule has 0 bridgehead atoms. The number of nitrogens with one attached hydrogen (secondary N) is 2. The fraction of sp³-hybridized carbons (Fsp3) is 0.393. The number of amides is 1. The predicted molar refractivity (Wildman–Crippen MR) is 154 cm³/mol. The normalized spacial score (nSPS) is 13.2. The Morgan fingerprint density at radius 3 is 2.63 bits per heavy atom. The molecule has 0 spiro atoms. The van der Waals surface area contributed by atoms with Gasteiger partial charge in [-0.25, -0.2) is 4.98 Å². The number of carbonyl (C=O) groups is 1. The SMILES string of the molecule is CCNc1cc(-c2c(-c3nncn3C)cnn2C)cc(N2Cc3c(cc(CNCCOCCN)cc3C(F)(F)F)C2=O)n1. The molecule has 0 aliphatic carbocycles. The minimum Gasteiger partial charge on any atom is -0.379 e. The number of halogens is 3. The smallest absolute Gasteiger partial charge is 0.379 e. The maximum atomic E-state index is 14.2. The van der Waals surface area contributed by atoms with E-state index in [2.05, 4.69) is 30.9 Å². The molecule has 0 fully saturated rings. The van der Waals surface area contributed by atoms with E-state index in [1.54, 1.807) is 41.0 Å². The van der Waals surface area contributed by atoms with Gasteiger partial charge in [0.05, 0.1) is 42.8 Å². The van der Waals surface area contributed by atoms with Crippen LogP contribution in [0.4, 0.5) is 24.8 Å². The molecule has 12 nitrogen and oxygen atoms in total. The number of pyridine rings is 1. The van der Waals surface area contributed by atoms with E-state index in [4.69, 9.17) is 10.5 Å². The highest BCUT2D eigenvalue weighted by atomic mass is 19.4. The second kappa shape index (κ2) is 12.5. The zero-order chi connectivity index (χ0) is 30.7. The minimum absolute atomic E-state index is 0.00326. The van der Waals surface area contributed by atoms with Gasteiger partial charge in [-0.05, 0) is 42.3 Å². The van der Waals surface area contributed by atoms with Crippen LogP contribution in [0.3, 0.4) is 0 Å². The Balaban J connectivity index is 1.51. The summed E-state index contributed by atoms with van der Waals surface area (Å²) in [7, 11) is 3.58. The molecule has 0 saturated carbocycles. The van der Waals surface area contributed by atoms with Gasteiger partial charge < -0.3 is 25.7 Å². The lowest BCUT2D eigenvalue weighted by atomic mass is 9.99. The molecule has 0 unspecified atom stereocenters. The van der Waals surface area contributed by atoms with Crippen molar-refractivity contribution >= 4 is 17.5 Å². The van der Waals surface area contributed by atoms with Crippen LogP contribution in [0.15, 0.2) is 36.8 Å². The van der Waals surface area contributed by atoms with Gasteiger partial charge >= 0.3 is 6.18 Å². The van der Waals surface area contributed by atoms with Crippen LogP contribution in [0.1, 0.15) is 34.0 Å². The van der Waals surface area contributed by atoms with Gasteiger partial charge in [-0.2, -0.15) is 18.3 Å². The van der Waals surface area contributed by atoms with Gasteiger partial charge in [0, 0.05) is 51.4 Å². The molecule has 1 aliphatic heterocycles. The van der Waals surface area contributed by atoms with Crippen molar-refractivity contribution in [3.05, 3.63) is 59.0 Å². The monoisotopic (exact) mass is 598 g/mol. The van der Waals surface area contributed by atoms with Gasteiger partial charge in [-0.15, -0.1) is 10.2 Å². The molecule has 15 heteroatoms. The predicted octanol–water partition coefficient (Wildman–Crippen LogP) is 2.95. The van der Waals surface area contributed by atoms with Crippen LogP contribution in [0.25, 0.3) is 22.6 Å². The molecule has 228 valence electrons. The maximum absolute atomic E-state index is 14.2. The summed E-state index contributed by atoms with van der Waals surface area (Å²) in [6, 6.07) is 6.10. The Bertz CT molecular complexity index is 1610. The summed E-state index contributed by atoms with van der Waals surface area (Å²) in [5.41, 5.74) is 6.87. The number of aryl methyl sites for hydroxylation is 2. The average Bonchev–Trinajstić information content (AvgIpc) is 3.66. The van der Waals surface area contributed by atoms with Crippen molar-refractivity contribution in [2.75, 3.05) is 43.1 Å². The van der Waals surface area contributed by atoms with Gasteiger partial charge in [0.15, 0.2) is 5.82 Å². The van der Waals surface area contributed by atoms with Gasteiger partial charge in [-0.1, -0.05) is 0 Å². The van der Waals surface area contributed by atoms with Crippen LogP contribution in [0, 0.1) is 0 Å². The van der Waals surface area contributed by atoms with E-state index in [0.717, 1.165) is 6.07 Å². The number of nitrogens with two attached hydrogens (primary N) is 1. The Morgan fingerprint density at radius 1 is 1.12 bits per heavy atom. The topological polar surface area (TPSA) is 141 Å². The number of alkyl halides is 3. The van der Waals surface area contributed by atoms with Crippen molar-refractivity contribution in [3.63, 3.8) is 0 Å². The highest BCUT2D eigenvalue weighted by Gasteiger charge is 2.41. The first kappa shape index (κ1) is 30.1. The van der Waals surface area contributed by atoms with Crippen LogP contribution < -0.4 is 21.3 Å². The molecule has 0 atom stereocenters. The first-order valence-electron chi connectivity index (χ1n) is 13.8. The molecule has 1 aromatic carbocycles. The Labute approximate surface area is 246 Å². The van der Waals surface area contributed by atoms with E-state index in [1.165, 1.54) is 11.0 Å². The summed E-state index contributed by atoms with van der Waals surface area (Å²) in [4.78, 5) is 19.6. The van der Waals surface area contributed by atoms with E-state index in [-0.39, 0.29) is 30.0 Å². The fourth-order valence-corrected chi connectivity index (χ4v) is 5.10. The highest BCUT2D eigenvalue weighted by Crippen LogP contribution is 2.40. The van der Waals surface area contributed by atoms with Crippen LogP contribution in [-0.2, 0) is 38.1 Å². The first-order valence-corrected chi connectivity index (χ1v) is 13.8. The molecule has 4 aromatic rings. The van der Waals surface area contributed by atoms with Gasteiger partial charge in [0.25, 0.3) is 5.91 Å². The van der Waals surface area contributed by atoms with Crippen molar-refractivity contribution < 1.29 is 22.7 Å². The molecule has 43 heavy (non-hydrogen) atoms. The summed E-state index contributed by atoms with van der Waals surface area (Å²) < 4.78 is 51.5. The van der Waals surface area contributed by atoms with E-state index in [9.17, 15) is 18.0 Å². The van der Waals surface area contributed by atoms with Crippen LogP contribution in [0.5, 0.6) is 0 Å². The number of aromatic nitrogens is 6. The lowest BCUT2D eigenvalue weighted by Crippen LogP contribution is -2.24. The maximum Gasteiger partial charge on any atom is 0.416 e. The van der Waals surface area contributed by atoms with Gasteiger partial charge in [-0.3, -0.25) is 14.4 Å². The zero-order valence-electron chi connectivity index (χ0n) is 24.1. The number of ether oxygens (including phenoxy) is 1. The van der Waals surface area contributed by atoms with E-state index in [0.29, 0.717) is 66.9 Å². The lowest BCUT2D eigenvalue weighted by Gasteiger charge is -2.18. The lowest BCUT2D eigenvalue weighted by molar-refractivity contribution is -0.138. The molecule has 3 aromatic heterocycles. The molecule has 4 N–H and O–H groups in total. The average molecular weight is 599 g/mol. The summed E-state index contributed by atoms with van der Waals surface area (Å²) >= 11 is 0.